The Morgan fingerprint density at radius 2 is 2.00 bits per heavy atom. The molecular weight excluding hydrogens is 256 g/mol. The topological polar surface area (TPSA) is 62.5 Å². The van der Waals surface area contributed by atoms with Crippen LogP contribution in [0.5, 0.6) is 0 Å². The number of carboxylic acid groups (broad SMARTS) is 1. The van der Waals surface area contributed by atoms with Crippen molar-refractivity contribution in [2.45, 2.75) is 20.4 Å². The molecule has 0 aliphatic rings. The third-order valence-electron chi connectivity index (χ3n) is 3.37. The van der Waals surface area contributed by atoms with Crippen LogP contribution in [0.4, 0.5) is 0 Å². The summed E-state index contributed by atoms with van der Waals surface area (Å²) < 4.78 is 1.92. The first-order chi connectivity index (χ1) is 9.52. The molecule has 0 saturated heterocycles. The van der Waals surface area contributed by atoms with Crippen LogP contribution in [0.1, 0.15) is 12.6 Å². The molecule has 1 aromatic carbocycles. The van der Waals surface area contributed by atoms with Gasteiger partial charge >= 0.3 is 5.97 Å². The summed E-state index contributed by atoms with van der Waals surface area (Å²) in [7, 11) is 0. The van der Waals surface area contributed by atoms with Gasteiger partial charge in [-0.15, -0.1) is 0 Å². The molecule has 0 aliphatic heterocycles. The predicted octanol–water partition coefficient (Wildman–Crippen LogP) is 1.88. The number of carbonyl (C=O) groups is 2. The highest BCUT2D eigenvalue weighted by molar-refractivity contribution is 5.85. The number of amides is 1. The van der Waals surface area contributed by atoms with Crippen LogP contribution in [-0.4, -0.2) is 39.5 Å². The fourth-order valence-corrected chi connectivity index (χ4v) is 2.33. The molecule has 1 heterocycles. The molecule has 20 heavy (non-hydrogen) atoms. The number of rotatable bonds is 5. The van der Waals surface area contributed by atoms with Crippen LogP contribution in [0.3, 0.4) is 0 Å². The zero-order chi connectivity index (χ0) is 14.7. The molecule has 5 heteroatoms. The molecule has 0 bridgehead atoms. The summed E-state index contributed by atoms with van der Waals surface area (Å²) in [5.41, 5.74) is 1.98. The molecule has 0 saturated carbocycles. The molecule has 106 valence electrons. The summed E-state index contributed by atoms with van der Waals surface area (Å²) >= 11 is 0. The largest absolute Gasteiger partial charge is 0.480 e. The molecule has 2 rings (SSSR count). The van der Waals surface area contributed by atoms with E-state index in [0.717, 1.165) is 16.6 Å². The lowest BCUT2D eigenvalue weighted by atomic mass is 10.2. The highest BCUT2D eigenvalue weighted by atomic mass is 16.4. The Bertz CT molecular complexity index is 646. The quantitative estimate of drug-likeness (QED) is 0.905. The van der Waals surface area contributed by atoms with Crippen molar-refractivity contribution in [2.24, 2.45) is 0 Å². The van der Waals surface area contributed by atoms with E-state index in [9.17, 15) is 9.59 Å². The van der Waals surface area contributed by atoms with Gasteiger partial charge in [0, 0.05) is 17.8 Å². The van der Waals surface area contributed by atoms with Crippen molar-refractivity contribution >= 4 is 22.8 Å². The maximum atomic E-state index is 12.2. The number of carboxylic acids is 1. The third kappa shape index (κ3) is 2.82. The summed E-state index contributed by atoms with van der Waals surface area (Å²) in [6.07, 6.45) is 0. The molecule has 0 radical (unpaired) electrons. The number of nitrogens with zero attached hydrogens (tertiary/aromatic N) is 2. The van der Waals surface area contributed by atoms with Gasteiger partial charge in [0.2, 0.25) is 5.91 Å². The Hall–Kier alpha value is -2.30. The second kappa shape index (κ2) is 5.77. The van der Waals surface area contributed by atoms with E-state index in [2.05, 4.69) is 0 Å². The monoisotopic (exact) mass is 274 g/mol. The van der Waals surface area contributed by atoms with Crippen LogP contribution in [0.15, 0.2) is 30.3 Å². The molecule has 1 N–H and O–H groups in total. The first-order valence-electron chi connectivity index (χ1n) is 6.57. The molecule has 1 aromatic heterocycles. The molecule has 0 atom stereocenters. The summed E-state index contributed by atoms with van der Waals surface area (Å²) in [6, 6.07) is 9.87. The van der Waals surface area contributed by atoms with E-state index >= 15 is 0 Å². The second-order valence-electron chi connectivity index (χ2n) is 4.73. The zero-order valence-electron chi connectivity index (χ0n) is 11.7. The van der Waals surface area contributed by atoms with Crippen LogP contribution in [-0.2, 0) is 16.1 Å². The van der Waals surface area contributed by atoms with Gasteiger partial charge in [-0.2, -0.15) is 0 Å². The van der Waals surface area contributed by atoms with Gasteiger partial charge in [-0.25, -0.2) is 0 Å². The van der Waals surface area contributed by atoms with Gasteiger partial charge in [-0.1, -0.05) is 18.2 Å². The SMILES string of the molecule is CCN(CC(=O)O)C(=O)Cn1c(C)cc2ccccc21. The molecule has 0 aliphatic carbocycles. The minimum absolute atomic E-state index is 0.167. The first-order valence-corrected chi connectivity index (χ1v) is 6.57. The van der Waals surface area contributed by atoms with Gasteiger partial charge in [0.05, 0.1) is 0 Å². The molecule has 1 amide bonds. The molecule has 0 spiro atoms. The smallest absolute Gasteiger partial charge is 0.323 e. The number of benzene rings is 1. The predicted molar refractivity (Wildman–Crippen MR) is 76.6 cm³/mol. The van der Waals surface area contributed by atoms with E-state index < -0.39 is 5.97 Å². The normalized spacial score (nSPS) is 10.7. The van der Waals surface area contributed by atoms with Gasteiger partial charge in [-0.05, 0) is 31.4 Å². The van der Waals surface area contributed by atoms with Crippen LogP contribution in [0.25, 0.3) is 10.9 Å². The summed E-state index contributed by atoms with van der Waals surface area (Å²) in [4.78, 5) is 24.3. The lowest BCUT2D eigenvalue weighted by molar-refractivity contribution is -0.144. The fraction of sp³-hybridized carbons (Fsp3) is 0.333. The third-order valence-corrected chi connectivity index (χ3v) is 3.37. The average molecular weight is 274 g/mol. The zero-order valence-corrected chi connectivity index (χ0v) is 11.7. The van der Waals surface area contributed by atoms with Gasteiger partial charge in [-0.3, -0.25) is 9.59 Å². The fourth-order valence-electron chi connectivity index (χ4n) is 2.33. The van der Waals surface area contributed by atoms with Crippen molar-refractivity contribution in [3.63, 3.8) is 0 Å². The Morgan fingerprint density at radius 1 is 1.30 bits per heavy atom. The molecule has 2 aromatic rings. The molecule has 0 fully saturated rings. The highest BCUT2D eigenvalue weighted by Gasteiger charge is 2.17. The Balaban J connectivity index is 2.25. The molecular formula is C15H18N2O3. The number of aliphatic carboxylic acids is 1. The van der Waals surface area contributed by atoms with Gasteiger partial charge in [0.25, 0.3) is 0 Å². The van der Waals surface area contributed by atoms with E-state index in [1.807, 2.05) is 41.8 Å². The van der Waals surface area contributed by atoms with Gasteiger partial charge < -0.3 is 14.6 Å². The summed E-state index contributed by atoms with van der Waals surface area (Å²) in [5.74, 6) is -1.17. The Morgan fingerprint density at radius 3 is 2.65 bits per heavy atom. The van der Waals surface area contributed by atoms with Crippen molar-refractivity contribution < 1.29 is 14.7 Å². The lowest BCUT2D eigenvalue weighted by Gasteiger charge is -2.19. The van der Waals surface area contributed by atoms with Crippen LogP contribution < -0.4 is 0 Å². The Labute approximate surface area is 117 Å². The van der Waals surface area contributed by atoms with Gasteiger partial charge in [0.1, 0.15) is 13.1 Å². The van der Waals surface area contributed by atoms with E-state index in [-0.39, 0.29) is 19.0 Å². The molecule has 5 nitrogen and oxygen atoms in total. The summed E-state index contributed by atoms with van der Waals surface area (Å²) in [6.45, 7) is 4.03. The number of aromatic nitrogens is 1. The number of hydrogen-bond donors (Lipinski definition) is 1. The minimum atomic E-state index is -0.991. The number of hydrogen-bond acceptors (Lipinski definition) is 2. The maximum Gasteiger partial charge on any atom is 0.323 e. The van der Waals surface area contributed by atoms with E-state index in [1.54, 1.807) is 6.92 Å². The molecule has 0 unspecified atom stereocenters. The number of aryl methyl sites for hydroxylation is 1. The minimum Gasteiger partial charge on any atom is -0.480 e. The van der Waals surface area contributed by atoms with Crippen LogP contribution in [0.2, 0.25) is 0 Å². The number of likely N-dealkylation sites (N-methyl/N-ethyl adjacent to an activating group) is 1. The van der Waals surface area contributed by atoms with E-state index in [0.29, 0.717) is 6.54 Å². The first kappa shape index (κ1) is 14.1. The van der Waals surface area contributed by atoms with Crippen LogP contribution >= 0.6 is 0 Å². The highest BCUT2D eigenvalue weighted by Crippen LogP contribution is 2.19. The van der Waals surface area contributed by atoms with Gasteiger partial charge in [0.15, 0.2) is 0 Å². The summed E-state index contributed by atoms with van der Waals surface area (Å²) in [5, 5.41) is 9.90. The average Bonchev–Trinajstić information content (AvgIpc) is 2.72. The van der Waals surface area contributed by atoms with Crippen molar-refractivity contribution in [2.75, 3.05) is 13.1 Å². The van der Waals surface area contributed by atoms with Crippen molar-refractivity contribution in [1.82, 2.24) is 9.47 Å². The maximum absolute atomic E-state index is 12.2. The number of fused-ring (bicyclic) bond motifs is 1. The Kier molecular flexibility index (Phi) is 4.08. The van der Waals surface area contributed by atoms with Crippen LogP contribution in [0, 0.1) is 6.92 Å². The van der Waals surface area contributed by atoms with Crippen molar-refractivity contribution in [3.8, 4) is 0 Å². The lowest BCUT2D eigenvalue weighted by Crippen LogP contribution is -2.37. The van der Waals surface area contributed by atoms with Crippen molar-refractivity contribution in [1.29, 1.82) is 0 Å². The van der Waals surface area contributed by atoms with E-state index in [4.69, 9.17) is 5.11 Å². The van der Waals surface area contributed by atoms with Crippen molar-refractivity contribution in [3.05, 3.63) is 36.0 Å². The van der Waals surface area contributed by atoms with E-state index in [1.165, 1.54) is 4.90 Å². The number of para-hydroxylation sites is 1. The second-order valence-corrected chi connectivity index (χ2v) is 4.73. The standard InChI is InChI=1S/C15H18N2O3/c1-3-16(10-15(19)20)14(18)9-17-11(2)8-12-6-4-5-7-13(12)17/h4-8H,3,9-10H2,1-2H3,(H,19,20). The number of carbonyl (C=O) groups excluding carboxylic acids is 1.